The Morgan fingerprint density at radius 1 is 1.47 bits per heavy atom. The molecular weight excluding hydrogens is 220 g/mol. The first-order valence-electron chi connectivity index (χ1n) is 6.34. The van der Waals surface area contributed by atoms with Crippen LogP contribution in [-0.2, 0) is 9.53 Å². The molecule has 1 amide bonds. The van der Waals surface area contributed by atoms with Gasteiger partial charge in [0.1, 0.15) is 0 Å². The van der Waals surface area contributed by atoms with Gasteiger partial charge in [-0.05, 0) is 13.3 Å². The van der Waals surface area contributed by atoms with Crippen molar-refractivity contribution in [3.8, 4) is 0 Å². The number of carbonyl (C=O) groups is 1. The quantitative estimate of drug-likeness (QED) is 0.689. The molecule has 5 heteroatoms. The first-order chi connectivity index (χ1) is 8.05. The predicted octanol–water partition coefficient (Wildman–Crippen LogP) is -0.0141. The standard InChI is InChI=1S/C12H24N2O3/c1-3-4-12(2,16)10-13-9-11(15)14-5-7-17-8-6-14/h13,16H,3-10H2,1-2H3. The lowest BCUT2D eigenvalue weighted by molar-refractivity contribution is -0.134. The van der Waals surface area contributed by atoms with Crippen molar-refractivity contribution in [3.63, 3.8) is 0 Å². The number of aliphatic hydroxyl groups is 1. The summed E-state index contributed by atoms with van der Waals surface area (Å²) in [6.07, 6.45) is 1.68. The van der Waals surface area contributed by atoms with Gasteiger partial charge in [0.25, 0.3) is 0 Å². The van der Waals surface area contributed by atoms with Gasteiger partial charge >= 0.3 is 0 Å². The summed E-state index contributed by atoms with van der Waals surface area (Å²) in [6, 6.07) is 0. The highest BCUT2D eigenvalue weighted by atomic mass is 16.5. The molecule has 2 N–H and O–H groups in total. The smallest absolute Gasteiger partial charge is 0.236 e. The molecule has 1 saturated heterocycles. The molecule has 1 fully saturated rings. The highest BCUT2D eigenvalue weighted by Crippen LogP contribution is 2.09. The molecule has 1 heterocycles. The predicted molar refractivity (Wildman–Crippen MR) is 65.8 cm³/mol. The Bertz CT molecular complexity index is 238. The van der Waals surface area contributed by atoms with Crippen molar-refractivity contribution >= 4 is 5.91 Å². The Morgan fingerprint density at radius 3 is 2.71 bits per heavy atom. The molecule has 100 valence electrons. The van der Waals surface area contributed by atoms with Crippen molar-refractivity contribution in [1.29, 1.82) is 0 Å². The van der Waals surface area contributed by atoms with Crippen molar-refractivity contribution in [3.05, 3.63) is 0 Å². The SMILES string of the molecule is CCCC(C)(O)CNCC(=O)N1CCOCC1. The third-order valence-corrected chi connectivity index (χ3v) is 2.93. The minimum atomic E-state index is -0.722. The summed E-state index contributed by atoms with van der Waals surface area (Å²) in [5, 5.41) is 13.0. The van der Waals surface area contributed by atoms with Crippen LogP contribution in [0.1, 0.15) is 26.7 Å². The lowest BCUT2D eigenvalue weighted by atomic mass is 10.0. The molecule has 1 aliphatic heterocycles. The third-order valence-electron chi connectivity index (χ3n) is 2.93. The first kappa shape index (κ1) is 14.4. The molecule has 1 atom stereocenters. The number of amides is 1. The fourth-order valence-electron chi connectivity index (χ4n) is 1.99. The number of hydrogen-bond donors (Lipinski definition) is 2. The van der Waals surface area contributed by atoms with Crippen LogP contribution in [0.5, 0.6) is 0 Å². The lowest BCUT2D eigenvalue weighted by Crippen LogP contribution is -2.47. The minimum absolute atomic E-state index is 0.0839. The Labute approximate surface area is 103 Å². The zero-order valence-corrected chi connectivity index (χ0v) is 10.9. The number of morpholine rings is 1. The molecule has 0 bridgehead atoms. The van der Waals surface area contributed by atoms with E-state index in [1.54, 1.807) is 11.8 Å². The van der Waals surface area contributed by atoms with Crippen LogP contribution < -0.4 is 5.32 Å². The highest BCUT2D eigenvalue weighted by molar-refractivity contribution is 5.78. The molecular formula is C12H24N2O3. The van der Waals surface area contributed by atoms with Crippen LogP contribution in [0.3, 0.4) is 0 Å². The van der Waals surface area contributed by atoms with E-state index in [0.29, 0.717) is 39.4 Å². The van der Waals surface area contributed by atoms with Crippen molar-refractivity contribution in [1.82, 2.24) is 10.2 Å². The summed E-state index contributed by atoms with van der Waals surface area (Å²) in [7, 11) is 0. The van der Waals surface area contributed by atoms with Crippen LogP contribution in [0.25, 0.3) is 0 Å². The van der Waals surface area contributed by atoms with E-state index in [9.17, 15) is 9.90 Å². The van der Waals surface area contributed by atoms with E-state index in [1.807, 2.05) is 6.92 Å². The summed E-state index contributed by atoms with van der Waals surface area (Å²) in [6.45, 7) is 7.17. The van der Waals surface area contributed by atoms with Gasteiger partial charge < -0.3 is 20.1 Å². The van der Waals surface area contributed by atoms with E-state index >= 15 is 0 Å². The van der Waals surface area contributed by atoms with Gasteiger partial charge in [-0.3, -0.25) is 4.79 Å². The normalized spacial score (nSPS) is 20.1. The summed E-state index contributed by atoms with van der Waals surface area (Å²) >= 11 is 0. The van der Waals surface area contributed by atoms with Crippen molar-refractivity contribution in [2.75, 3.05) is 39.4 Å². The van der Waals surface area contributed by atoms with Gasteiger partial charge in [-0.1, -0.05) is 13.3 Å². The van der Waals surface area contributed by atoms with E-state index in [4.69, 9.17) is 4.74 Å². The Hall–Kier alpha value is -0.650. The van der Waals surface area contributed by atoms with Crippen LogP contribution in [0.15, 0.2) is 0 Å². The molecule has 0 aromatic rings. The topological polar surface area (TPSA) is 61.8 Å². The van der Waals surface area contributed by atoms with E-state index in [1.165, 1.54) is 0 Å². The summed E-state index contributed by atoms with van der Waals surface area (Å²) < 4.78 is 5.19. The number of nitrogens with one attached hydrogen (secondary N) is 1. The average molecular weight is 244 g/mol. The number of carbonyl (C=O) groups excluding carboxylic acids is 1. The van der Waals surface area contributed by atoms with Crippen LogP contribution in [0, 0.1) is 0 Å². The van der Waals surface area contributed by atoms with Crippen LogP contribution in [-0.4, -0.2) is 60.9 Å². The van der Waals surface area contributed by atoms with Gasteiger partial charge in [0.05, 0.1) is 25.4 Å². The van der Waals surface area contributed by atoms with E-state index in [0.717, 1.165) is 12.8 Å². The maximum Gasteiger partial charge on any atom is 0.236 e. The second-order valence-electron chi connectivity index (χ2n) is 4.84. The number of ether oxygens (including phenoxy) is 1. The van der Waals surface area contributed by atoms with Crippen LogP contribution in [0.2, 0.25) is 0 Å². The second kappa shape index (κ2) is 6.93. The fraction of sp³-hybridized carbons (Fsp3) is 0.917. The molecule has 0 aromatic carbocycles. The number of rotatable bonds is 6. The molecule has 1 rings (SSSR count). The Balaban J connectivity index is 2.19. The van der Waals surface area contributed by atoms with Gasteiger partial charge in [-0.25, -0.2) is 0 Å². The third kappa shape index (κ3) is 5.48. The van der Waals surface area contributed by atoms with Crippen LogP contribution in [0.4, 0.5) is 0 Å². The fourth-order valence-corrected chi connectivity index (χ4v) is 1.99. The maximum atomic E-state index is 11.8. The van der Waals surface area contributed by atoms with Gasteiger partial charge in [0, 0.05) is 19.6 Å². The maximum absolute atomic E-state index is 11.8. The van der Waals surface area contributed by atoms with Crippen molar-refractivity contribution < 1.29 is 14.6 Å². The summed E-state index contributed by atoms with van der Waals surface area (Å²) in [5.41, 5.74) is -0.722. The molecule has 1 aliphatic rings. The highest BCUT2D eigenvalue weighted by Gasteiger charge is 2.20. The molecule has 0 radical (unpaired) electrons. The van der Waals surface area contributed by atoms with Crippen molar-refractivity contribution in [2.24, 2.45) is 0 Å². The van der Waals surface area contributed by atoms with Gasteiger partial charge in [0.2, 0.25) is 5.91 Å². The number of hydrogen-bond acceptors (Lipinski definition) is 4. The Morgan fingerprint density at radius 2 is 2.12 bits per heavy atom. The van der Waals surface area contributed by atoms with E-state index in [-0.39, 0.29) is 5.91 Å². The zero-order valence-electron chi connectivity index (χ0n) is 10.9. The minimum Gasteiger partial charge on any atom is -0.389 e. The molecule has 0 aliphatic carbocycles. The van der Waals surface area contributed by atoms with Gasteiger partial charge in [-0.15, -0.1) is 0 Å². The molecule has 1 unspecified atom stereocenters. The molecule has 0 aromatic heterocycles. The first-order valence-corrected chi connectivity index (χ1v) is 6.34. The summed E-state index contributed by atoms with van der Waals surface area (Å²) in [5.74, 6) is 0.0839. The zero-order chi connectivity index (χ0) is 12.7. The summed E-state index contributed by atoms with van der Waals surface area (Å²) in [4.78, 5) is 13.6. The van der Waals surface area contributed by atoms with Gasteiger partial charge in [0.15, 0.2) is 0 Å². The lowest BCUT2D eigenvalue weighted by Gasteiger charge is -2.28. The molecule has 0 saturated carbocycles. The van der Waals surface area contributed by atoms with E-state index < -0.39 is 5.60 Å². The largest absolute Gasteiger partial charge is 0.389 e. The van der Waals surface area contributed by atoms with E-state index in [2.05, 4.69) is 5.32 Å². The average Bonchev–Trinajstić information content (AvgIpc) is 2.29. The van der Waals surface area contributed by atoms with Crippen molar-refractivity contribution in [2.45, 2.75) is 32.3 Å². The second-order valence-corrected chi connectivity index (χ2v) is 4.84. The van der Waals surface area contributed by atoms with Crippen LogP contribution >= 0.6 is 0 Å². The molecule has 5 nitrogen and oxygen atoms in total. The Kier molecular flexibility index (Phi) is 5.88. The number of nitrogens with zero attached hydrogens (tertiary/aromatic N) is 1. The molecule has 17 heavy (non-hydrogen) atoms. The monoisotopic (exact) mass is 244 g/mol. The van der Waals surface area contributed by atoms with Gasteiger partial charge in [-0.2, -0.15) is 0 Å². The molecule has 0 spiro atoms.